The Bertz CT molecular complexity index is 921. The zero-order chi connectivity index (χ0) is 20.9. The first-order chi connectivity index (χ1) is 13.1. The van der Waals surface area contributed by atoms with Gasteiger partial charge in [-0.15, -0.1) is 0 Å². The third kappa shape index (κ3) is 5.83. The van der Waals surface area contributed by atoms with Gasteiger partial charge in [-0.05, 0) is 56.9 Å². The first kappa shape index (κ1) is 22.0. The molecule has 1 N–H and O–H groups in total. The zero-order valence-corrected chi connectivity index (χ0v) is 18.1. The lowest BCUT2D eigenvalue weighted by Crippen LogP contribution is -2.33. The molecule has 0 aliphatic rings. The number of rotatable bonds is 8. The second kappa shape index (κ2) is 9.24. The highest BCUT2D eigenvalue weighted by molar-refractivity contribution is 7.92. The van der Waals surface area contributed by atoms with Gasteiger partial charge in [0, 0.05) is 13.0 Å². The number of anilines is 1. The van der Waals surface area contributed by atoms with Crippen LogP contribution in [0.4, 0.5) is 5.69 Å². The van der Waals surface area contributed by atoms with E-state index in [0.29, 0.717) is 12.1 Å². The fourth-order valence-corrected chi connectivity index (χ4v) is 4.12. The van der Waals surface area contributed by atoms with Crippen molar-refractivity contribution in [2.75, 3.05) is 17.1 Å². The molecule has 0 fully saturated rings. The maximum Gasteiger partial charge on any atom is 0.232 e. The predicted octanol–water partition coefficient (Wildman–Crippen LogP) is 4.04. The van der Waals surface area contributed by atoms with Crippen LogP contribution in [0.15, 0.2) is 42.5 Å². The standard InChI is InChI=1S/C22H30N2O3S/c1-16-11-13-20(14-12-16)19(4)23-22(25)10-7-15-24(28(5,26)27)21-9-6-8-17(2)18(21)3/h6,8-9,11-14,19H,7,10,15H2,1-5H3,(H,23,25). The van der Waals surface area contributed by atoms with Crippen molar-refractivity contribution in [2.24, 2.45) is 0 Å². The Morgan fingerprint density at radius 2 is 1.71 bits per heavy atom. The summed E-state index contributed by atoms with van der Waals surface area (Å²) in [5.41, 5.74) is 4.87. The van der Waals surface area contributed by atoms with Crippen molar-refractivity contribution in [1.82, 2.24) is 5.32 Å². The van der Waals surface area contributed by atoms with Crippen molar-refractivity contribution in [3.05, 3.63) is 64.7 Å². The topological polar surface area (TPSA) is 66.5 Å². The van der Waals surface area contributed by atoms with Gasteiger partial charge in [0.05, 0.1) is 18.0 Å². The number of nitrogens with zero attached hydrogens (tertiary/aromatic N) is 1. The maximum absolute atomic E-state index is 12.3. The molecule has 2 aromatic rings. The molecule has 0 bridgehead atoms. The number of nitrogens with one attached hydrogen (secondary N) is 1. The molecule has 0 aliphatic carbocycles. The van der Waals surface area contributed by atoms with E-state index >= 15 is 0 Å². The molecule has 0 heterocycles. The number of benzene rings is 2. The Hall–Kier alpha value is -2.34. The lowest BCUT2D eigenvalue weighted by atomic mass is 10.1. The molecule has 0 spiro atoms. The van der Waals surface area contributed by atoms with Crippen LogP contribution in [0.2, 0.25) is 0 Å². The van der Waals surface area contributed by atoms with E-state index in [1.54, 1.807) is 0 Å². The largest absolute Gasteiger partial charge is 0.350 e. The quantitative estimate of drug-likeness (QED) is 0.725. The first-order valence-electron chi connectivity index (χ1n) is 9.49. The lowest BCUT2D eigenvalue weighted by Gasteiger charge is -2.25. The molecule has 152 valence electrons. The minimum atomic E-state index is -3.42. The summed E-state index contributed by atoms with van der Waals surface area (Å²) in [6.07, 6.45) is 1.92. The lowest BCUT2D eigenvalue weighted by molar-refractivity contribution is -0.121. The summed E-state index contributed by atoms with van der Waals surface area (Å²) < 4.78 is 26.0. The third-order valence-corrected chi connectivity index (χ3v) is 6.14. The van der Waals surface area contributed by atoms with Crippen LogP contribution in [-0.4, -0.2) is 27.1 Å². The van der Waals surface area contributed by atoms with Gasteiger partial charge in [-0.3, -0.25) is 9.10 Å². The normalized spacial score (nSPS) is 12.5. The minimum Gasteiger partial charge on any atom is -0.350 e. The molecular formula is C22H30N2O3S. The van der Waals surface area contributed by atoms with Gasteiger partial charge in [-0.2, -0.15) is 0 Å². The number of carbonyl (C=O) groups is 1. The molecule has 0 aromatic heterocycles. The van der Waals surface area contributed by atoms with Gasteiger partial charge in [-0.1, -0.05) is 42.0 Å². The van der Waals surface area contributed by atoms with Gasteiger partial charge in [0.15, 0.2) is 0 Å². The molecule has 2 rings (SSSR count). The van der Waals surface area contributed by atoms with Crippen LogP contribution >= 0.6 is 0 Å². The molecule has 2 aromatic carbocycles. The average molecular weight is 403 g/mol. The summed E-state index contributed by atoms with van der Waals surface area (Å²) in [5, 5.41) is 2.98. The Balaban J connectivity index is 1.97. The Labute approximate surface area is 168 Å². The molecule has 0 aliphatic heterocycles. The molecular weight excluding hydrogens is 372 g/mol. The van der Waals surface area contributed by atoms with Gasteiger partial charge in [0.2, 0.25) is 15.9 Å². The molecule has 28 heavy (non-hydrogen) atoms. The van der Waals surface area contributed by atoms with E-state index in [4.69, 9.17) is 0 Å². The molecule has 1 unspecified atom stereocenters. The van der Waals surface area contributed by atoms with Gasteiger partial charge in [-0.25, -0.2) is 8.42 Å². The highest BCUT2D eigenvalue weighted by Gasteiger charge is 2.20. The van der Waals surface area contributed by atoms with Crippen LogP contribution in [0.5, 0.6) is 0 Å². The number of amides is 1. The number of sulfonamides is 1. The van der Waals surface area contributed by atoms with E-state index in [9.17, 15) is 13.2 Å². The fourth-order valence-electron chi connectivity index (χ4n) is 3.11. The Kier molecular flexibility index (Phi) is 7.24. The molecule has 1 atom stereocenters. The first-order valence-corrected chi connectivity index (χ1v) is 11.3. The summed E-state index contributed by atoms with van der Waals surface area (Å²) in [6, 6.07) is 13.6. The van der Waals surface area contributed by atoms with E-state index in [1.165, 1.54) is 16.1 Å². The van der Waals surface area contributed by atoms with Gasteiger partial charge in [0.25, 0.3) is 0 Å². The highest BCUT2D eigenvalue weighted by Crippen LogP contribution is 2.25. The average Bonchev–Trinajstić information content (AvgIpc) is 2.61. The van der Waals surface area contributed by atoms with Gasteiger partial charge in [0.1, 0.15) is 0 Å². The van der Waals surface area contributed by atoms with Crippen molar-refractivity contribution in [2.45, 2.75) is 46.6 Å². The van der Waals surface area contributed by atoms with E-state index in [0.717, 1.165) is 16.7 Å². The van der Waals surface area contributed by atoms with Crippen LogP contribution in [0.3, 0.4) is 0 Å². The molecule has 0 radical (unpaired) electrons. The van der Waals surface area contributed by atoms with Crippen LogP contribution < -0.4 is 9.62 Å². The number of hydrogen-bond donors (Lipinski definition) is 1. The maximum atomic E-state index is 12.3. The number of carbonyl (C=O) groups excluding carboxylic acids is 1. The van der Waals surface area contributed by atoms with Gasteiger partial charge >= 0.3 is 0 Å². The minimum absolute atomic E-state index is 0.0810. The van der Waals surface area contributed by atoms with Crippen LogP contribution in [0.1, 0.15) is 48.1 Å². The van der Waals surface area contributed by atoms with Crippen molar-refractivity contribution in [3.63, 3.8) is 0 Å². The monoisotopic (exact) mass is 402 g/mol. The van der Waals surface area contributed by atoms with Crippen LogP contribution in [0, 0.1) is 20.8 Å². The smallest absolute Gasteiger partial charge is 0.232 e. The Morgan fingerprint density at radius 1 is 1.07 bits per heavy atom. The predicted molar refractivity (Wildman–Crippen MR) is 115 cm³/mol. The SMILES string of the molecule is Cc1ccc(C(C)NC(=O)CCCN(c2cccc(C)c2C)S(C)(=O)=O)cc1. The van der Waals surface area contributed by atoms with Crippen molar-refractivity contribution in [3.8, 4) is 0 Å². The summed E-state index contributed by atoms with van der Waals surface area (Å²) >= 11 is 0. The molecule has 1 amide bonds. The number of aryl methyl sites for hydroxylation is 2. The molecule has 0 saturated heterocycles. The Morgan fingerprint density at radius 3 is 2.32 bits per heavy atom. The van der Waals surface area contributed by atoms with E-state index in [2.05, 4.69) is 5.32 Å². The molecule has 0 saturated carbocycles. The molecule has 5 nitrogen and oxygen atoms in total. The van der Waals surface area contributed by atoms with E-state index in [1.807, 2.05) is 70.2 Å². The van der Waals surface area contributed by atoms with Crippen molar-refractivity contribution < 1.29 is 13.2 Å². The van der Waals surface area contributed by atoms with E-state index in [-0.39, 0.29) is 24.9 Å². The fraction of sp³-hybridized carbons (Fsp3) is 0.409. The summed E-state index contributed by atoms with van der Waals surface area (Å²) in [4.78, 5) is 12.3. The molecule has 6 heteroatoms. The van der Waals surface area contributed by atoms with Crippen molar-refractivity contribution in [1.29, 1.82) is 0 Å². The summed E-state index contributed by atoms with van der Waals surface area (Å²) in [6.45, 7) is 8.12. The van der Waals surface area contributed by atoms with Crippen LogP contribution in [0.25, 0.3) is 0 Å². The summed E-state index contributed by atoms with van der Waals surface area (Å²) in [7, 11) is -3.42. The zero-order valence-electron chi connectivity index (χ0n) is 17.3. The second-order valence-electron chi connectivity index (χ2n) is 7.36. The van der Waals surface area contributed by atoms with E-state index < -0.39 is 10.0 Å². The summed E-state index contributed by atoms with van der Waals surface area (Å²) in [5.74, 6) is -0.0810. The van der Waals surface area contributed by atoms with Gasteiger partial charge < -0.3 is 5.32 Å². The van der Waals surface area contributed by atoms with Crippen LogP contribution in [-0.2, 0) is 14.8 Å². The third-order valence-electron chi connectivity index (χ3n) is 4.96. The highest BCUT2D eigenvalue weighted by atomic mass is 32.2. The number of hydrogen-bond acceptors (Lipinski definition) is 3. The van der Waals surface area contributed by atoms with Crippen molar-refractivity contribution >= 4 is 21.6 Å². The second-order valence-corrected chi connectivity index (χ2v) is 9.26.